The summed E-state index contributed by atoms with van der Waals surface area (Å²) in [7, 11) is -0.175. The number of alkyl halides is 27. The molecule has 0 heterocycles. The van der Waals surface area contributed by atoms with Crippen molar-refractivity contribution in [2.75, 3.05) is 7.11 Å². The molecule has 0 saturated carbocycles. The molecule has 0 rings (SSSR count). The number of hydrogen-bond acceptors (Lipinski definition) is 2. The van der Waals surface area contributed by atoms with Gasteiger partial charge in [0, 0.05) is 7.11 Å². The van der Waals surface area contributed by atoms with Crippen LogP contribution in [-0.2, 0) is 9.47 Å². The van der Waals surface area contributed by atoms with Crippen LogP contribution in [0.2, 0.25) is 0 Å². The summed E-state index contributed by atoms with van der Waals surface area (Å²) < 4.78 is 330. The first-order valence-electron chi connectivity index (χ1n) is 8.37. The lowest BCUT2D eigenvalue weighted by molar-refractivity contribution is -0.522. The van der Waals surface area contributed by atoms with Crippen molar-refractivity contribution in [2.24, 2.45) is 0 Å². The Morgan fingerprint density at radius 2 is 0.500 bits per heavy atom. The summed E-state index contributed by atoms with van der Waals surface area (Å²) in [5.41, 5.74) is -6.73. The maximum Gasteiger partial charge on any atom is 0.460 e. The van der Waals surface area contributed by atoms with E-state index >= 15 is 0 Å². The van der Waals surface area contributed by atoms with Crippen molar-refractivity contribution >= 4 is 0 Å². The van der Waals surface area contributed by atoms with E-state index in [0.717, 1.165) is 4.74 Å². The molecule has 0 unspecified atom stereocenters. The fraction of sp³-hybridized carbons (Fsp3) is 1.00. The van der Waals surface area contributed by atoms with Crippen molar-refractivity contribution in [3.63, 3.8) is 0 Å². The van der Waals surface area contributed by atoms with Gasteiger partial charge in [-0.05, 0) is 0 Å². The summed E-state index contributed by atoms with van der Waals surface area (Å²) in [6.07, 6.45) is -51.0. The summed E-state index contributed by atoms with van der Waals surface area (Å²) in [5, 5.41) is 0. The van der Waals surface area contributed by atoms with E-state index in [1.54, 1.807) is 0 Å². The van der Waals surface area contributed by atoms with Crippen molar-refractivity contribution in [3.8, 4) is 0 Å². The van der Waals surface area contributed by atoms with E-state index in [2.05, 4.69) is 4.74 Å². The molecule has 42 heavy (non-hydrogen) atoms. The number of methoxy groups -OCH3 is 1. The van der Waals surface area contributed by atoms with Crippen LogP contribution in [0.1, 0.15) is 0 Å². The molecule has 0 fully saturated rings. The van der Waals surface area contributed by atoms with Gasteiger partial charge in [0.2, 0.25) is 0 Å². The molecule has 0 aliphatic carbocycles. The van der Waals surface area contributed by atoms with Gasteiger partial charge in [-0.3, -0.25) is 0 Å². The molecule has 0 aliphatic heterocycles. The van der Waals surface area contributed by atoms with Gasteiger partial charge >= 0.3 is 72.4 Å². The molecule has 2 nitrogen and oxygen atoms in total. The van der Waals surface area contributed by atoms with Crippen LogP contribution in [0.4, 0.5) is 119 Å². The average Bonchev–Trinajstić information content (AvgIpc) is 2.68. The highest BCUT2D eigenvalue weighted by Gasteiger charge is 2.89. The van der Waals surface area contributed by atoms with E-state index in [0.29, 0.717) is 0 Å². The number of ether oxygens (including phenoxy) is 2. The quantitative estimate of drug-likeness (QED) is 0.235. The van der Waals surface area contributed by atoms with Crippen molar-refractivity contribution in [1.29, 1.82) is 0 Å². The van der Waals surface area contributed by atoms with E-state index < -0.39 is 72.4 Å². The van der Waals surface area contributed by atoms with Crippen molar-refractivity contribution in [1.82, 2.24) is 0 Å². The Morgan fingerprint density at radius 3 is 0.619 bits per heavy atom. The molecule has 256 valence electrons. The van der Waals surface area contributed by atoms with Crippen LogP contribution in [0, 0.1) is 0 Å². The zero-order valence-corrected chi connectivity index (χ0v) is 18.0. The van der Waals surface area contributed by atoms with Gasteiger partial charge in [-0.2, -0.15) is 114 Å². The molecule has 0 radical (unpaired) electrons. The zero-order chi connectivity index (χ0) is 35.4. The maximum atomic E-state index is 12.6. The molecule has 0 aliphatic rings. The third-order valence-electron chi connectivity index (χ3n) is 3.93. The number of hydrogen-bond donors (Lipinski definition) is 0. The lowest BCUT2D eigenvalue weighted by Crippen LogP contribution is -2.67. The monoisotopic (exact) mass is 704 g/mol. The van der Waals surface area contributed by atoms with Crippen LogP contribution in [0.5, 0.6) is 0 Å². The highest BCUT2D eigenvalue weighted by molar-refractivity contribution is 5.02. The van der Waals surface area contributed by atoms with Gasteiger partial charge < -0.3 is 4.74 Å². The first-order valence-corrected chi connectivity index (χ1v) is 8.37. The third kappa shape index (κ3) is 6.73. The summed E-state index contributed by atoms with van der Waals surface area (Å²) in [5.74, 6) is -32.2. The fourth-order valence-corrected chi connectivity index (χ4v) is 1.64. The molecule has 0 aromatic heterocycles. The lowest BCUT2D eigenvalue weighted by Gasteiger charge is -2.38. The second kappa shape index (κ2) is 10.9. The summed E-state index contributed by atoms with van der Waals surface area (Å²) in [6, 6.07) is 0. The Kier molecular flexibility index (Phi) is 10.9. The predicted molar refractivity (Wildman–Crippen MR) is 70.8 cm³/mol. The summed E-state index contributed by atoms with van der Waals surface area (Å²) in [4.78, 5) is 0. The van der Waals surface area contributed by atoms with Gasteiger partial charge in [-0.25, -0.2) is 9.13 Å². The molecule has 0 bridgehead atoms. The van der Waals surface area contributed by atoms with Gasteiger partial charge in [0.25, 0.3) is 0 Å². The second-order valence-electron chi connectivity index (χ2n) is 6.80. The minimum atomic E-state index is -8.15. The van der Waals surface area contributed by atoms with Crippen LogP contribution >= 0.6 is 0 Å². The molecular formula is C13H3F27O2. The van der Waals surface area contributed by atoms with Crippen molar-refractivity contribution in [2.45, 2.75) is 72.4 Å². The Bertz CT molecular complexity index is 837. The van der Waals surface area contributed by atoms with Gasteiger partial charge in [-0.15, -0.1) is 0 Å². The molecule has 0 N–H and O–H groups in total. The molecule has 29 heteroatoms. The van der Waals surface area contributed by atoms with Gasteiger partial charge in [0.15, 0.2) is 0 Å². The molecule has 0 aromatic carbocycles. The fourth-order valence-electron chi connectivity index (χ4n) is 1.64. The van der Waals surface area contributed by atoms with Crippen molar-refractivity contribution in [3.05, 3.63) is 0 Å². The minimum absolute atomic E-state index is 0.175. The van der Waals surface area contributed by atoms with E-state index in [1.807, 2.05) is 0 Å². The van der Waals surface area contributed by atoms with Gasteiger partial charge in [-0.1, -0.05) is 0 Å². The smallest absolute Gasteiger partial charge is 0.321 e. The summed E-state index contributed by atoms with van der Waals surface area (Å²) >= 11 is 0. The van der Waals surface area contributed by atoms with Crippen LogP contribution in [0.3, 0.4) is 0 Å². The number of rotatable bonds is 8. The second-order valence-corrected chi connectivity index (χ2v) is 6.80. The van der Waals surface area contributed by atoms with E-state index in [9.17, 15) is 119 Å². The number of halogens is 27. The van der Waals surface area contributed by atoms with E-state index in [1.165, 1.54) is 0 Å². The molecule has 0 amide bonds. The maximum absolute atomic E-state index is 12.6. The third-order valence-corrected chi connectivity index (χ3v) is 3.93. The first kappa shape index (κ1) is 42.2. The Morgan fingerprint density at radius 1 is 0.286 bits per heavy atom. The first-order chi connectivity index (χ1) is 17.5. The molecule has 0 saturated heterocycles. The average molecular weight is 704 g/mol. The SMILES string of the molecule is COC(F)(F)C(F)(C(F)(F)F)C(F)(F)F.FC(F)(F)C(F)(F)C(F)(F)C(F)(F)OC(F)(F)C(F)(F)C(F)(F)C(F)(F)F. The van der Waals surface area contributed by atoms with Crippen LogP contribution in [0.25, 0.3) is 0 Å². The van der Waals surface area contributed by atoms with Gasteiger partial charge in [0.1, 0.15) is 0 Å². The minimum Gasteiger partial charge on any atom is -0.321 e. The largest absolute Gasteiger partial charge is 0.460 e. The zero-order valence-electron chi connectivity index (χ0n) is 18.0. The molecule has 0 aromatic rings. The lowest BCUT2D eigenvalue weighted by atomic mass is 10.0. The van der Waals surface area contributed by atoms with Crippen LogP contribution in [0.15, 0.2) is 0 Å². The predicted octanol–water partition coefficient (Wildman–Crippen LogP) is 8.91. The summed E-state index contributed by atoms with van der Waals surface area (Å²) in [6.45, 7) is 0. The van der Waals surface area contributed by atoms with Crippen LogP contribution < -0.4 is 0 Å². The standard InChI is InChI=1S/C8F18O.C5H3F9O/c9-1(10,5(17,18)19)3(13,14)7(23,24)27-8(25,26)4(15,16)2(11,12)6(20,21)22;1-15-5(13,14)2(6,3(7,8)9)4(10,11)12/h;1H3. The molecule has 0 atom stereocenters. The topological polar surface area (TPSA) is 18.5 Å². The normalized spacial score (nSPS) is 16.3. The van der Waals surface area contributed by atoms with Gasteiger partial charge in [0.05, 0.1) is 0 Å². The van der Waals surface area contributed by atoms with Crippen molar-refractivity contribution < 1.29 is 128 Å². The molecular weight excluding hydrogens is 701 g/mol. The van der Waals surface area contributed by atoms with E-state index in [-0.39, 0.29) is 7.11 Å². The Hall–Kier alpha value is -1.97. The van der Waals surface area contributed by atoms with E-state index in [4.69, 9.17) is 0 Å². The highest BCUT2D eigenvalue weighted by Crippen LogP contribution is 2.59. The molecule has 0 spiro atoms. The Balaban J connectivity index is 0. The Labute approximate surface area is 209 Å². The highest BCUT2D eigenvalue weighted by atomic mass is 19.5. The van der Waals surface area contributed by atoms with Crippen LogP contribution in [-0.4, -0.2) is 79.5 Å².